The fourth-order valence-electron chi connectivity index (χ4n) is 1.81. The maximum atomic E-state index is 6.16. The highest BCUT2D eigenvalue weighted by atomic mass is 35.5. The lowest BCUT2D eigenvalue weighted by Gasteiger charge is -2.21. The Hall–Kier alpha value is -1.03. The zero-order valence-corrected chi connectivity index (χ0v) is 12.6. The first kappa shape index (κ1) is 14.4. The summed E-state index contributed by atoms with van der Waals surface area (Å²) < 4.78 is 0. The molecular weight excluding hydrogens is 276 g/mol. The van der Waals surface area contributed by atoms with E-state index in [0.717, 1.165) is 5.03 Å². The zero-order valence-electron chi connectivity index (χ0n) is 11.0. The number of rotatable bonds is 4. The van der Waals surface area contributed by atoms with Gasteiger partial charge in [0, 0.05) is 12.2 Å². The molecule has 0 bridgehead atoms. The van der Waals surface area contributed by atoms with E-state index in [1.807, 2.05) is 19.1 Å². The van der Waals surface area contributed by atoms with Crippen molar-refractivity contribution < 1.29 is 0 Å². The van der Waals surface area contributed by atoms with E-state index in [4.69, 9.17) is 17.3 Å². The molecule has 0 fully saturated rings. The third-order valence-electron chi connectivity index (χ3n) is 2.85. The summed E-state index contributed by atoms with van der Waals surface area (Å²) in [5, 5.41) is 1.64. The molecule has 0 aliphatic carbocycles. The van der Waals surface area contributed by atoms with Crippen molar-refractivity contribution >= 4 is 23.4 Å². The van der Waals surface area contributed by atoms with E-state index < -0.39 is 0 Å². The van der Waals surface area contributed by atoms with Crippen LogP contribution in [0, 0.1) is 6.92 Å². The largest absolute Gasteiger partial charge is 0.327 e. The lowest BCUT2D eigenvalue weighted by atomic mass is 10.1. The maximum absolute atomic E-state index is 6.16. The van der Waals surface area contributed by atoms with Gasteiger partial charge < -0.3 is 5.73 Å². The molecule has 4 heteroatoms. The summed E-state index contributed by atoms with van der Waals surface area (Å²) in [4.78, 5) is 4.32. The minimum Gasteiger partial charge on any atom is -0.327 e. The Morgan fingerprint density at radius 3 is 2.47 bits per heavy atom. The minimum atomic E-state index is 0.0192. The fourth-order valence-corrected chi connectivity index (χ4v) is 3.12. The summed E-state index contributed by atoms with van der Waals surface area (Å²) in [7, 11) is 0. The monoisotopic (exact) mass is 292 g/mol. The van der Waals surface area contributed by atoms with E-state index in [1.54, 1.807) is 18.0 Å². The maximum Gasteiger partial charge on any atom is 0.115 e. The van der Waals surface area contributed by atoms with Gasteiger partial charge in [-0.05, 0) is 31.5 Å². The van der Waals surface area contributed by atoms with Gasteiger partial charge in [-0.2, -0.15) is 0 Å². The van der Waals surface area contributed by atoms with Gasteiger partial charge in [0.1, 0.15) is 5.03 Å². The molecule has 100 valence electrons. The SMILES string of the molecule is Cc1ccc(C(Sc2ncccc2Cl)C(C)N)cc1. The molecule has 2 nitrogen and oxygen atoms in total. The van der Waals surface area contributed by atoms with Gasteiger partial charge in [0.25, 0.3) is 0 Å². The van der Waals surface area contributed by atoms with Gasteiger partial charge in [0.05, 0.1) is 10.3 Å². The van der Waals surface area contributed by atoms with Crippen LogP contribution in [-0.4, -0.2) is 11.0 Å². The van der Waals surface area contributed by atoms with Crippen molar-refractivity contribution in [2.24, 2.45) is 5.73 Å². The highest BCUT2D eigenvalue weighted by Crippen LogP contribution is 2.38. The summed E-state index contributed by atoms with van der Waals surface area (Å²) in [6.45, 7) is 4.09. The Bertz CT molecular complexity index is 540. The molecule has 0 saturated carbocycles. The number of nitrogens with two attached hydrogens (primary N) is 1. The molecule has 0 saturated heterocycles. The van der Waals surface area contributed by atoms with Crippen molar-refractivity contribution in [3.05, 3.63) is 58.7 Å². The number of aromatic nitrogens is 1. The summed E-state index contributed by atoms with van der Waals surface area (Å²) in [5.41, 5.74) is 8.56. The summed E-state index contributed by atoms with van der Waals surface area (Å²) in [5.74, 6) is 0. The second kappa shape index (κ2) is 6.42. The molecule has 1 aromatic heterocycles. The van der Waals surface area contributed by atoms with Crippen molar-refractivity contribution in [1.82, 2.24) is 4.98 Å². The smallest absolute Gasteiger partial charge is 0.115 e. The molecule has 0 aliphatic heterocycles. The summed E-state index contributed by atoms with van der Waals surface area (Å²) in [6.07, 6.45) is 1.75. The van der Waals surface area contributed by atoms with Gasteiger partial charge in [-0.15, -0.1) is 0 Å². The molecule has 1 aromatic carbocycles. The first-order valence-electron chi connectivity index (χ1n) is 6.17. The van der Waals surface area contributed by atoms with Crippen molar-refractivity contribution in [2.75, 3.05) is 0 Å². The van der Waals surface area contributed by atoms with E-state index in [9.17, 15) is 0 Å². The summed E-state index contributed by atoms with van der Waals surface area (Å²) >= 11 is 7.78. The fraction of sp³-hybridized carbons (Fsp3) is 0.267. The quantitative estimate of drug-likeness (QED) is 0.857. The number of pyridine rings is 1. The van der Waals surface area contributed by atoms with Gasteiger partial charge in [-0.25, -0.2) is 4.98 Å². The lowest BCUT2D eigenvalue weighted by molar-refractivity contribution is 0.720. The predicted molar refractivity (Wildman–Crippen MR) is 82.7 cm³/mol. The van der Waals surface area contributed by atoms with Gasteiger partial charge >= 0.3 is 0 Å². The molecule has 19 heavy (non-hydrogen) atoms. The molecule has 0 aliphatic rings. The van der Waals surface area contributed by atoms with Crippen LogP contribution in [0.2, 0.25) is 5.02 Å². The molecule has 0 spiro atoms. The van der Waals surface area contributed by atoms with Crippen LogP contribution < -0.4 is 5.73 Å². The van der Waals surface area contributed by atoms with Gasteiger partial charge in [0.2, 0.25) is 0 Å². The van der Waals surface area contributed by atoms with Gasteiger partial charge in [-0.3, -0.25) is 0 Å². The number of nitrogens with zero attached hydrogens (tertiary/aromatic N) is 1. The van der Waals surface area contributed by atoms with Gasteiger partial charge in [-0.1, -0.05) is 53.2 Å². The average molecular weight is 293 g/mol. The molecule has 2 rings (SSSR count). The number of aryl methyl sites for hydroxylation is 1. The van der Waals surface area contributed by atoms with Crippen LogP contribution in [-0.2, 0) is 0 Å². The van der Waals surface area contributed by atoms with Crippen molar-refractivity contribution in [1.29, 1.82) is 0 Å². The van der Waals surface area contributed by atoms with Crippen LogP contribution in [0.4, 0.5) is 0 Å². The van der Waals surface area contributed by atoms with E-state index >= 15 is 0 Å². The van der Waals surface area contributed by atoms with Crippen molar-refractivity contribution in [2.45, 2.75) is 30.2 Å². The Morgan fingerprint density at radius 2 is 1.89 bits per heavy atom. The van der Waals surface area contributed by atoms with Gasteiger partial charge in [0.15, 0.2) is 0 Å². The predicted octanol–water partition coefficient (Wildman–Crippen LogP) is 4.22. The Kier molecular flexibility index (Phi) is 4.86. The number of hydrogen-bond acceptors (Lipinski definition) is 3. The minimum absolute atomic E-state index is 0.0192. The molecule has 0 radical (unpaired) electrons. The van der Waals surface area contributed by atoms with Crippen LogP contribution in [0.15, 0.2) is 47.6 Å². The van der Waals surface area contributed by atoms with Crippen LogP contribution in [0.5, 0.6) is 0 Å². The number of hydrogen-bond donors (Lipinski definition) is 1. The molecular formula is C15H17ClN2S. The van der Waals surface area contributed by atoms with Crippen molar-refractivity contribution in [3.8, 4) is 0 Å². The highest BCUT2D eigenvalue weighted by molar-refractivity contribution is 7.99. The Morgan fingerprint density at radius 1 is 1.21 bits per heavy atom. The molecule has 1 heterocycles. The van der Waals surface area contributed by atoms with E-state index in [-0.39, 0.29) is 11.3 Å². The number of benzene rings is 1. The van der Waals surface area contributed by atoms with Crippen LogP contribution in [0.3, 0.4) is 0 Å². The second-order valence-corrected chi connectivity index (χ2v) is 6.14. The number of thioether (sulfide) groups is 1. The first-order valence-corrected chi connectivity index (χ1v) is 7.43. The van der Waals surface area contributed by atoms with E-state index in [1.165, 1.54) is 11.1 Å². The zero-order chi connectivity index (χ0) is 13.8. The second-order valence-electron chi connectivity index (χ2n) is 4.60. The molecule has 2 aromatic rings. The average Bonchev–Trinajstić information content (AvgIpc) is 2.39. The summed E-state index contributed by atoms with van der Waals surface area (Å²) in [6, 6.07) is 12.1. The molecule has 0 amide bonds. The Labute approximate surface area is 123 Å². The van der Waals surface area contributed by atoms with E-state index in [2.05, 4.69) is 36.2 Å². The van der Waals surface area contributed by atoms with Crippen molar-refractivity contribution in [3.63, 3.8) is 0 Å². The molecule has 2 unspecified atom stereocenters. The Balaban J connectivity index is 2.26. The topological polar surface area (TPSA) is 38.9 Å². The van der Waals surface area contributed by atoms with E-state index in [0.29, 0.717) is 5.02 Å². The number of halogens is 1. The molecule has 2 atom stereocenters. The molecule has 2 N–H and O–H groups in total. The van der Waals surface area contributed by atoms with Crippen LogP contribution in [0.25, 0.3) is 0 Å². The normalized spacial score (nSPS) is 14.1. The highest BCUT2D eigenvalue weighted by Gasteiger charge is 2.19. The van der Waals surface area contributed by atoms with Crippen LogP contribution >= 0.6 is 23.4 Å². The lowest BCUT2D eigenvalue weighted by Crippen LogP contribution is -2.22. The van der Waals surface area contributed by atoms with Crippen LogP contribution in [0.1, 0.15) is 23.3 Å². The first-order chi connectivity index (χ1) is 9.08. The third kappa shape index (κ3) is 3.72. The third-order valence-corrected chi connectivity index (χ3v) is 4.77. The standard InChI is InChI=1S/C15H17ClN2S/c1-10-5-7-12(8-6-10)14(11(2)17)19-15-13(16)4-3-9-18-15/h3-9,11,14H,17H2,1-2H3.